The van der Waals surface area contributed by atoms with E-state index in [9.17, 15) is 13.2 Å². The zero-order chi connectivity index (χ0) is 19.0. The van der Waals surface area contributed by atoms with Gasteiger partial charge < -0.3 is 5.32 Å². The van der Waals surface area contributed by atoms with Gasteiger partial charge in [0.2, 0.25) is 5.91 Å². The minimum absolute atomic E-state index is 0.187. The van der Waals surface area contributed by atoms with Gasteiger partial charge in [-0.1, -0.05) is 48.5 Å². The third-order valence-electron chi connectivity index (χ3n) is 4.86. The molecule has 0 unspecified atom stereocenters. The van der Waals surface area contributed by atoms with E-state index in [2.05, 4.69) is 5.32 Å². The van der Waals surface area contributed by atoms with Gasteiger partial charge in [-0.15, -0.1) is 0 Å². The number of sulfonamides is 1. The lowest BCUT2D eigenvalue weighted by atomic mass is 10.1. The van der Waals surface area contributed by atoms with Crippen molar-refractivity contribution in [3.8, 4) is 0 Å². The summed E-state index contributed by atoms with van der Waals surface area (Å²) in [6.45, 7) is 2.28. The Morgan fingerprint density at radius 1 is 1.04 bits per heavy atom. The van der Waals surface area contributed by atoms with Crippen LogP contribution < -0.4 is 9.62 Å². The summed E-state index contributed by atoms with van der Waals surface area (Å²) in [6, 6.07) is 19.2. The second-order valence-electron chi connectivity index (χ2n) is 6.55. The predicted molar refractivity (Wildman–Crippen MR) is 106 cm³/mol. The number of hydrogen-bond acceptors (Lipinski definition) is 3. The molecule has 0 saturated carbocycles. The Morgan fingerprint density at radius 2 is 1.74 bits per heavy atom. The molecule has 1 N–H and O–H groups in total. The van der Waals surface area contributed by atoms with Gasteiger partial charge in [-0.05, 0) is 41.5 Å². The highest BCUT2D eigenvalue weighted by Crippen LogP contribution is 2.37. The number of likely N-dealkylation sites (N-methyl/N-ethyl adjacent to an activating group) is 1. The zero-order valence-corrected chi connectivity index (χ0v) is 15.7. The lowest BCUT2D eigenvalue weighted by Gasteiger charge is -2.26. The Kier molecular flexibility index (Phi) is 4.36. The minimum Gasteiger partial charge on any atom is -0.355 e. The fourth-order valence-electron chi connectivity index (χ4n) is 3.59. The second kappa shape index (κ2) is 6.70. The van der Waals surface area contributed by atoms with Crippen LogP contribution in [0.25, 0.3) is 10.8 Å². The third-order valence-corrected chi connectivity index (χ3v) is 6.68. The van der Waals surface area contributed by atoms with Crippen molar-refractivity contribution in [1.29, 1.82) is 0 Å². The average Bonchev–Trinajstić information content (AvgIpc) is 3.08. The van der Waals surface area contributed by atoms with Gasteiger partial charge in [0.05, 0.1) is 10.6 Å². The van der Waals surface area contributed by atoms with Crippen LogP contribution in [0.5, 0.6) is 0 Å². The number of hydrogen-bond donors (Lipinski definition) is 1. The van der Waals surface area contributed by atoms with Crippen molar-refractivity contribution in [3.05, 3.63) is 72.3 Å². The molecule has 27 heavy (non-hydrogen) atoms. The molecule has 0 spiro atoms. The largest absolute Gasteiger partial charge is 0.355 e. The van der Waals surface area contributed by atoms with Crippen LogP contribution in [0.1, 0.15) is 12.5 Å². The number of amides is 1. The highest BCUT2D eigenvalue weighted by Gasteiger charge is 2.42. The molecule has 0 aliphatic carbocycles. The van der Waals surface area contributed by atoms with Crippen molar-refractivity contribution in [1.82, 2.24) is 5.32 Å². The number of rotatable bonds is 4. The van der Waals surface area contributed by atoms with Crippen LogP contribution >= 0.6 is 0 Å². The molecule has 0 radical (unpaired) electrons. The number of carbonyl (C=O) groups excluding carboxylic acids is 1. The average molecular weight is 380 g/mol. The summed E-state index contributed by atoms with van der Waals surface area (Å²) in [5, 5.41) is 4.58. The predicted octanol–water partition coefficient (Wildman–Crippen LogP) is 3.10. The fraction of sp³-hybridized carbons (Fsp3) is 0.190. The lowest BCUT2D eigenvalue weighted by Crippen LogP contribution is -2.47. The normalized spacial score (nSPS) is 16.3. The molecule has 5 nitrogen and oxygen atoms in total. The summed E-state index contributed by atoms with van der Waals surface area (Å²) in [4.78, 5) is 12.8. The van der Waals surface area contributed by atoms with Crippen molar-refractivity contribution in [2.45, 2.75) is 24.3 Å². The minimum atomic E-state index is -3.88. The molecule has 3 aromatic rings. The Hall–Kier alpha value is -2.86. The third kappa shape index (κ3) is 2.96. The van der Waals surface area contributed by atoms with Gasteiger partial charge in [-0.2, -0.15) is 0 Å². The summed E-state index contributed by atoms with van der Waals surface area (Å²) >= 11 is 0. The first-order valence-corrected chi connectivity index (χ1v) is 10.3. The van der Waals surface area contributed by atoms with Crippen LogP contribution in [0.2, 0.25) is 0 Å². The molecule has 0 aromatic heterocycles. The van der Waals surface area contributed by atoms with Crippen LogP contribution in [0, 0.1) is 0 Å². The van der Waals surface area contributed by atoms with Gasteiger partial charge in [0.15, 0.2) is 0 Å². The van der Waals surface area contributed by atoms with E-state index in [-0.39, 0.29) is 10.8 Å². The second-order valence-corrected chi connectivity index (χ2v) is 8.37. The van der Waals surface area contributed by atoms with Crippen molar-refractivity contribution in [2.24, 2.45) is 0 Å². The van der Waals surface area contributed by atoms with E-state index in [0.29, 0.717) is 18.7 Å². The molecular formula is C21H20N2O3S. The van der Waals surface area contributed by atoms with Crippen molar-refractivity contribution >= 4 is 32.4 Å². The number of anilines is 1. The van der Waals surface area contributed by atoms with E-state index >= 15 is 0 Å². The molecule has 138 valence electrons. The van der Waals surface area contributed by atoms with Crippen molar-refractivity contribution < 1.29 is 13.2 Å². The zero-order valence-electron chi connectivity index (χ0n) is 14.9. The smallest absolute Gasteiger partial charge is 0.265 e. The van der Waals surface area contributed by atoms with Gasteiger partial charge in [0.25, 0.3) is 10.0 Å². The summed E-state index contributed by atoms with van der Waals surface area (Å²) in [5.41, 5.74) is 1.43. The van der Waals surface area contributed by atoms with E-state index in [0.717, 1.165) is 16.3 Å². The van der Waals surface area contributed by atoms with Crippen LogP contribution in [-0.4, -0.2) is 26.9 Å². The summed E-state index contributed by atoms with van der Waals surface area (Å²) in [6.07, 6.45) is 0.370. The number of carbonyl (C=O) groups is 1. The SMILES string of the molecule is CCNC(=O)[C@H]1Cc2ccccc2N1S(=O)(=O)c1ccc2ccccc2c1. The Morgan fingerprint density at radius 3 is 2.52 bits per heavy atom. The number of para-hydroxylation sites is 1. The number of fused-ring (bicyclic) bond motifs is 2. The van der Waals surface area contributed by atoms with E-state index in [1.807, 2.05) is 43.3 Å². The monoisotopic (exact) mass is 380 g/mol. The first-order valence-electron chi connectivity index (χ1n) is 8.91. The fourth-order valence-corrected chi connectivity index (χ4v) is 5.27. The molecule has 0 fully saturated rings. The maximum atomic E-state index is 13.5. The van der Waals surface area contributed by atoms with Crippen LogP contribution in [0.15, 0.2) is 71.6 Å². The number of nitrogens with one attached hydrogen (secondary N) is 1. The van der Waals surface area contributed by atoms with Gasteiger partial charge in [-0.25, -0.2) is 8.42 Å². The quantitative estimate of drug-likeness (QED) is 0.756. The lowest BCUT2D eigenvalue weighted by molar-refractivity contribution is -0.121. The number of nitrogens with zero attached hydrogens (tertiary/aromatic N) is 1. The van der Waals surface area contributed by atoms with E-state index in [1.165, 1.54) is 4.31 Å². The number of benzene rings is 3. The van der Waals surface area contributed by atoms with E-state index in [4.69, 9.17) is 0 Å². The molecular weight excluding hydrogens is 360 g/mol. The van der Waals surface area contributed by atoms with Gasteiger partial charge in [-0.3, -0.25) is 9.10 Å². The first kappa shape index (κ1) is 17.5. The maximum Gasteiger partial charge on any atom is 0.265 e. The molecule has 1 heterocycles. The van der Waals surface area contributed by atoms with E-state index in [1.54, 1.807) is 30.3 Å². The maximum absolute atomic E-state index is 13.5. The molecule has 1 atom stereocenters. The topological polar surface area (TPSA) is 66.5 Å². The Labute approximate surface area is 158 Å². The van der Waals surface area contributed by atoms with Crippen LogP contribution in [-0.2, 0) is 21.2 Å². The van der Waals surface area contributed by atoms with Crippen molar-refractivity contribution in [2.75, 3.05) is 10.8 Å². The molecule has 1 aliphatic rings. The molecule has 0 saturated heterocycles. The Balaban J connectivity index is 1.84. The summed E-state index contributed by atoms with van der Waals surface area (Å²) < 4.78 is 28.3. The summed E-state index contributed by atoms with van der Waals surface area (Å²) in [5.74, 6) is -0.280. The summed E-state index contributed by atoms with van der Waals surface area (Å²) in [7, 11) is -3.88. The molecule has 1 amide bonds. The van der Waals surface area contributed by atoms with Crippen molar-refractivity contribution in [3.63, 3.8) is 0 Å². The van der Waals surface area contributed by atoms with Crippen LogP contribution in [0.4, 0.5) is 5.69 Å². The highest BCUT2D eigenvalue weighted by molar-refractivity contribution is 7.93. The first-order chi connectivity index (χ1) is 13.0. The Bertz CT molecular complexity index is 1120. The van der Waals surface area contributed by atoms with Gasteiger partial charge in [0, 0.05) is 13.0 Å². The highest BCUT2D eigenvalue weighted by atomic mass is 32.2. The molecule has 4 rings (SSSR count). The molecule has 1 aliphatic heterocycles. The molecule has 0 bridgehead atoms. The molecule has 6 heteroatoms. The van der Waals surface area contributed by atoms with Crippen LogP contribution in [0.3, 0.4) is 0 Å². The van der Waals surface area contributed by atoms with Gasteiger partial charge >= 0.3 is 0 Å². The molecule has 3 aromatic carbocycles. The van der Waals surface area contributed by atoms with Gasteiger partial charge in [0.1, 0.15) is 6.04 Å². The standard InChI is InChI=1S/C21H20N2O3S/c1-2-22-21(24)20-14-17-9-5-6-10-19(17)23(20)27(25,26)18-12-11-15-7-3-4-8-16(15)13-18/h3-13,20H,2,14H2,1H3,(H,22,24)/t20-/m1/s1. The van der Waals surface area contributed by atoms with E-state index < -0.39 is 16.1 Å².